The molecule has 1 aliphatic rings. The number of nitrogens with two attached hydrogens (primary N) is 1. The Morgan fingerprint density at radius 3 is 2.62 bits per heavy atom. The van der Waals surface area contributed by atoms with Crippen molar-refractivity contribution in [1.29, 1.82) is 0 Å². The third kappa shape index (κ3) is 1.55. The van der Waals surface area contributed by atoms with Crippen molar-refractivity contribution in [3.8, 4) is 0 Å². The van der Waals surface area contributed by atoms with Crippen LogP contribution < -0.4 is 5.73 Å². The highest BCUT2D eigenvalue weighted by molar-refractivity contribution is 8.14. The number of rotatable bonds is 1. The van der Waals surface area contributed by atoms with Crippen LogP contribution in [0.5, 0.6) is 0 Å². The summed E-state index contributed by atoms with van der Waals surface area (Å²) in [5.41, 5.74) is 5.18. The van der Waals surface area contributed by atoms with Crippen LogP contribution in [0.2, 0.25) is 0 Å². The molecule has 1 atom stereocenters. The first-order valence-corrected chi connectivity index (χ1v) is 4.95. The van der Waals surface area contributed by atoms with Gasteiger partial charge in [-0.3, -0.25) is 0 Å². The molecule has 0 aliphatic carbocycles. The molecule has 13 heavy (non-hydrogen) atoms. The van der Waals surface area contributed by atoms with E-state index in [0.717, 1.165) is 5.56 Å². The predicted molar refractivity (Wildman–Crippen MR) is 54.4 cm³/mol. The summed E-state index contributed by atoms with van der Waals surface area (Å²) < 4.78 is 0. The third-order valence-corrected chi connectivity index (χ3v) is 2.89. The molecule has 68 valence electrons. The molecule has 0 fully saturated rings. The largest absolute Gasteiger partial charge is 0.378 e. The molecule has 3 N–H and O–H groups in total. The van der Waals surface area contributed by atoms with Crippen LogP contribution in [0, 0.1) is 0 Å². The lowest BCUT2D eigenvalue weighted by Gasteiger charge is -2.17. The van der Waals surface area contributed by atoms with Gasteiger partial charge in [0, 0.05) is 5.56 Å². The monoisotopic (exact) mass is 194 g/mol. The number of nitrogens with zero attached hydrogens (tertiary/aromatic N) is 1. The summed E-state index contributed by atoms with van der Waals surface area (Å²) >= 11 is 1.38. The summed E-state index contributed by atoms with van der Waals surface area (Å²) in [6.45, 7) is 0. The third-order valence-electron chi connectivity index (χ3n) is 1.95. The maximum absolute atomic E-state index is 10.0. The van der Waals surface area contributed by atoms with Crippen LogP contribution in [0.3, 0.4) is 0 Å². The first-order valence-electron chi connectivity index (χ1n) is 3.97. The van der Waals surface area contributed by atoms with Gasteiger partial charge < -0.3 is 10.8 Å². The molecule has 1 aliphatic heterocycles. The summed E-state index contributed by atoms with van der Waals surface area (Å²) in [4.78, 5) is 4.00. The van der Waals surface area contributed by atoms with Gasteiger partial charge in [0.15, 0.2) is 10.9 Å². The zero-order valence-electron chi connectivity index (χ0n) is 6.97. The van der Waals surface area contributed by atoms with Crippen LogP contribution in [0.4, 0.5) is 0 Å². The van der Waals surface area contributed by atoms with Crippen LogP contribution in [0.15, 0.2) is 35.3 Å². The molecular formula is C9H10N2OS. The van der Waals surface area contributed by atoms with Gasteiger partial charge >= 0.3 is 0 Å². The first-order chi connectivity index (χ1) is 6.21. The molecule has 1 unspecified atom stereocenters. The van der Waals surface area contributed by atoms with Crippen LogP contribution >= 0.6 is 11.8 Å². The Morgan fingerprint density at radius 2 is 2.08 bits per heavy atom. The Balaban J connectivity index is 2.37. The summed E-state index contributed by atoms with van der Waals surface area (Å²) in [5.74, 6) is 0.503. The minimum Gasteiger partial charge on any atom is -0.378 e. The molecule has 0 aromatic heterocycles. The molecule has 0 bridgehead atoms. The van der Waals surface area contributed by atoms with Crippen molar-refractivity contribution in [2.75, 3.05) is 5.75 Å². The summed E-state index contributed by atoms with van der Waals surface area (Å²) in [5, 5.41) is 10.5. The summed E-state index contributed by atoms with van der Waals surface area (Å²) in [7, 11) is 0. The Bertz CT molecular complexity index is 339. The van der Waals surface area contributed by atoms with Gasteiger partial charge in [-0.1, -0.05) is 42.1 Å². The lowest BCUT2D eigenvalue weighted by molar-refractivity contribution is 0.0758. The average Bonchev–Trinajstić information content (AvgIpc) is 2.49. The van der Waals surface area contributed by atoms with E-state index in [0.29, 0.717) is 10.9 Å². The Kier molecular flexibility index (Phi) is 2.01. The van der Waals surface area contributed by atoms with E-state index in [-0.39, 0.29) is 0 Å². The van der Waals surface area contributed by atoms with Crippen LogP contribution in [0.1, 0.15) is 5.56 Å². The van der Waals surface area contributed by atoms with E-state index in [4.69, 9.17) is 5.73 Å². The number of aliphatic hydroxyl groups is 1. The van der Waals surface area contributed by atoms with Crippen LogP contribution in [0.25, 0.3) is 0 Å². The van der Waals surface area contributed by atoms with Gasteiger partial charge in [0.2, 0.25) is 0 Å². The van der Waals surface area contributed by atoms with Crippen molar-refractivity contribution in [3.05, 3.63) is 35.9 Å². The highest BCUT2D eigenvalue weighted by Crippen LogP contribution is 2.32. The van der Waals surface area contributed by atoms with Gasteiger partial charge in [0.25, 0.3) is 0 Å². The van der Waals surface area contributed by atoms with Gasteiger partial charge in [0.05, 0.1) is 5.75 Å². The maximum Gasteiger partial charge on any atom is 0.194 e. The molecule has 4 heteroatoms. The van der Waals surface area contributed by atoms with E-state index in [9.17, 15) is 5.11 Å². The second-order valence-corrected chi connectivity index (χ2v) is 3.92. The number of aliphatic imine (C=N–C) groups is 1. The molecule has 3 nitrogen and oxygen atoms in total. The summed E-state index contributed by atoms with van der Waals surface area (Å²) in [6, 6.07) is 9.36. The minimum absolute atomic E-state index is 0.450. The van der Waals surface area contributed by atoms with Gasteiger partial charge in [-0.2, -0.15) is 0 Å². The molecule has 1 aromatic carbocycles. The van der Waals surface area contributed by atoms with Gasteiger partial charge in [-0.25, -0.2) is 4.99 Å². The van der Waals surface area contributed by atoms with Gasteiger partial charge in [-0.05, 0) is 0 Å². The van der Waals surface area contributed by atoms with E-state index in [2.05, 4.69) is 4.99 Å². The van der Waals surface area contributed by atoms with E-state index in [1.165, 1.54) is 11.8 Å². The highest BCUT2D eigenvalue weighted by Gasteiger charge is 2.33. The standard InChI is InChI=1S/C9H10N2OS/c10-8-11-9(12,6-13-8)7-4-2-1-3-5-7/h1-5,12H,6H2,(H2,10,11). The molecule has 0 saturated heterocycles. The van der Waals surface area contributed by atoms with Crippen LogP contribution in [-0.2, 0) is 5.72 Å². The van der Waals surface area contributed by atoms with E-state index < -0.39 is 5.72 Å². The second-order valence-electron chi connectivity index (χ2n) is 2.92. The first kappa shape index (κ1) is 8.59. The number of hydrogen-bond acceptors (Lipinski definition) is 4. The zero-order valence-corrected chi connectivity index (χ0v) is 7.79. The molecule has 2 rings (SSSR count). The average molecular weight is 194 g/mol. The van der Waals surface area contributed by atoms with Crippen molar-refractivity contribution in [3.63, 3.8) is 0 Å². The normalized spacial score (nSPS) is 27.3. The van der Waals surface area contributed by atoms with Crippen molar-refractivity contribution < 1.29 is 5.11 Å². The Hall–Kier alpha value is -1.00. The lowest BCUT2D eigenvalue weighted by Crippen LogP contribution is -2.23. The molecule has 0 saturated carbocycles. The smallest absolute Gasteiger partial charge is 0.194 e. The topological polar surface area (TPSA) is 58.6 Å². The molecule has 0 radical (unpaired) electrons. The summed E-state index contributed by atoms with van der Waals surface area (Å²) in [6.07, 6.45) is 0. The zero-order chi connectivity index (χ0) is 9.31. The van der Waals surface area contributed by atoms with Gasteiger partial charge in [-0.15, -0.1) is 0 Å². The van der Waals surface area contributed by atoms with E-state index >= 15 is 0 Å². The number of amidine groups is 1. The second kappa shape index (κ2) is 3.05. The van der Waals surface area contributed by atoms with Crippen molar-refractivity contribution in [1.82, 2.24) is 0 Å². The van der Waals surface area contributed by atoms with E-state index in [1.54, 1.807) is 0 Å². The maximum atomic E-state index is 10.0. The van der Waals surface area contributed by atoms with E-state index in [1.807, 2.05) is 30.3 Å². The van der Waals surface area contributed by atoms with Crippen LogP contribution in [-0.4, -0.2) is 16.0 Å². The van der Waals surface area contributed by atoms with Crippen molar-refractivity contribution in [2.45, 2.75) is 5.72 Å². The quantitative estimate of drug-likeness (QED) is 0.698. The fourth-order valence-electron chi connectivity index (χ4n) is 1.27. The Morgan fingerprint density at radius 1 is 1.38 bits per heavy atom. The molecule has 0 spiro atoms. The fourth-order valence-corrected chi connectivity index (χ4v) is 2.07. The SMILES string of the molecule is NC1=NC(O)(c2ccccc2)CS1. The highest BCUT2D eigenvalue weighted by atomic mass is 32.2. The molecular weight excluding hydrogens is 184 g/mol. The van der Waals surface area contributed by atoms with Crippen molar-refractivity contribution in [2.24, 2.45) is 10.7 Å². The number of hydrogen-bond donors (Lipinski definition) is 2. The Labute approximate surface area is 80.7 Å². The molecule has 1 heterocycles. The minimum atomic E-state index is -1.12. The molecule has 0 amide bonds. The molecule has 1 aromatic rings. The lowest BCUT2D eigenvalue weighted by atomic mass is 10.1. The van der Waals surface area contributed by atoms with Crippen molar-refractivity contribution >= 4 is 16.9 Å². The number of benzene rings is 1. The predicted octanol–water partition coefficient (Wildman–Crippen LogP) is 0.893. The fraction of sp³-hybridized carbons (Fsp3) is 0.222. The number of thioether (sulfide) groups is 1. The van der Waals surface area contributed by atoms with Gasteiger partial charge in [0.1, 0.15) is 0 Å².